The first kappa shape index (κ1) is 14.2. The number of anilines is 1. The maximum absolute atomic E-state index is 12.2. The molecule has 0 fully saturated rings. The fourth-order valence-electron chi connectivity index (χ4n) is 1.95. The van der Waals surface area contributed by atoms with Crippen LogP contribution >= 0.6 is 0 Å². The van der Waals surface area contributed by atoms with Gasteiger partial charge in [-0.2, -0.15) is 0 Å². The minimum atomic E-state index is -0.250. The van der Waals surface area contributed by atoms with E-state index in [0.717, 1.165) is 11.1 Å². The van der Waals surface area contributed by atoms with Crippen LogP contribution in [0.15, 0.2) is 48.7 Å². The number of amides is 1. The predicted molar refractivity (Wildman–Crippen MR) is 80.3 cm³/mol. The lowest BCUT2D eigenvalue weighted by molar-refractivity contribution is -0.119. The van der Waals surface area contributed by atoms with E-state index in [-0.39, 0.29) is 11.8 Å². The van der Waals surface area contributed by atoms with Crippen molar-refractivity contribution in [3.05, 3.63) is 59.8 Å². The van der Waals surface area contributed by atoms with Crippen LogP contribution in [0, 0.1) is 12.8 Å². The third-order valence-electron chi connectivity index (χ3n) is 3.14. The average Bonchev–Trinajstić information content (AvgIpc) is 2.48. The van der Waals surface area contributed by atoms with Crippen LogP contribution < -0.4 is 11.1 Å². The number of hydrogen-bond acceptors (Lipinski definition) is 3. The highest BCUT2D eigenvalue weighted by Crippen LogP contribution is 2.11. The first-order chi connectivity index (χ1) is 9.69. The van der Waals surface area contributed by atoms with E-state index >= 15 is 0 Å². The minimum absolute atomic E-state index is 0.0901. The van der Waals surface area contributed by atoms with Crippen LogP contribution in [0.5, 0.6) is 0 Å². The maximum atomic E-state index is 12.2. The number of aryl methyl sites for hydroxylation is 1. The lowest BCUT2D eigenvalue weighted by atomic mass is 9.98. The second kappa shape index (κ2) is 6.82. The van der Waals surface area contributed by atoms with Crippen molar-refractivity contribution in [2.24, 2.45) is 11.7 Å². The number of nitrogens with two attached hydrogens (primary N) is 1. The van der Waals surface area contributed by atoms with Crippen molar-refractivity contribution >= 4 is 11.7 Å². The van der Waals surface area contributed by atoms with Crippen LogP contribution in [-0.4, -0.2) is 17.4 Å². The van der Waals surface area contributed by atoms with Crippen molar-refractivity contribution in [1.82, 2.24) is 4.98 Å². The molecular weight excluding hydrogens is 250 g/mol. The molecule has 3 N–H and O–H groups in total. The molecule has 2 rings (SSSR count). The maximum Gasteiger partial charge on any atom is 0.230 e. The van der Waals surface area contributed by atoms with Crippen LogP contribution in [0.2, 0.25) is 0 Å². The van der Waals surface area contributed by atoms with Gasteiger partial charge in [0.25, 0.3) is 0 Å². The Labute approximate surface area is 119 Å². The van der Waals surface area contributed by atoms with Crippen LogP contribution in [0.3, 0.4) is 0 Å². The molecule has 0 saturated carbocycles. The molecule has 0 radical (unpaired) electrons. The molecule has 2 aromatic rings. The molecule has 1 atom stereocenters. The third-order valence-corrected chi connectivity index (χ3v) is 3.14. The van der Waals surface area contributed by atoms with Gasteiger partial charge in [-0.3, -0.25) is 4.79 Å². The third kappa shape index (κ3) is 3.90. The zero-order valence-corrected chi connectivity index (χ0v) is 11.5. The molecule has 1 unspecified atom stereocenters. The van der Waals surface area contributed by atoms with Crippen LogP contribution in [0.4, 0.5) is 5.82 Å². The van der Waals surface area contributed by atoms with E-state index in [9.17, 15) is 4.79 Å². The summed E-state index contributed by atoms with van der Waals surface area (Å²) in [6, 6.07) is 13.6. The molecule has 4 nitrogen and oxygen atoms in total. The first-order valence-corrected chi connectivity index (χ1v) is 6.66. The zero-order chi connectivity index (χ0) is 14.4. The lowest BCUT2D eigenvalue weighted by Crippen LogP contribution is -2.31. The second-order valence-corrected chi connectivity index (χ2v) is 4.83. The molecule has 1 aromatic heterocycles. The normalized spacial score (nSPS) is 11.9. The average molecular weight is 269 g/mol. The van der Waals surface area contributed by atoms with E-state index in [0.29, 0.717) is 18.8 Å². The molecule has 0 aliphatic heterocycles. The summed E-state index contributed by atoms with van der Waals surface area (Å²) in [5, 5.41) is 2.81. The lowest BCUT2D eigenvalue weighted by Gasteiger charge is -2.14. The van der Waals surface area contributed by atoms with E-state index in [1.165, 1.54) is 0 Å². The largest absolute Gasteiger partial charge is 0.330 e. The number of aromatic nitrogens is 1. The van der Waals surface area contributed by atoms with Gasteiger partial charge in [0, 0.05) is 12.7 Å². The summed E-state index contributed by atoms with van der Waals surface area (Å²) in [6.07, 6.45) is 2.36. The van der Waals surface area contributed by atoms with Gasteiger partial charge in [0.05, 0.1) is 5.92 Å². The molecule has 104 valence electrons. The number of hydrogen-bond donors (Lipinski definition) is 2. The Morgan fingerprint density at radius 2 is 2.00 bits per heavy atom. The molecular formula is C16H19N3O. The van der Waals surface area contributed by atoms with Crippen LogP contribution in [-0.2, 0) is 11.2 Å². The van der Waals surface area contributed by atoms with Gasteiger partial charge in [-0.05, 0) is 30.5 Å². The van der Waals surface area contributed by atoms with E-state index in [1.807, 2.05) is 43.3 Å². The summed E-state index contributed by atoms with van der Waals surface area (Å²) in [5.41, 5.74) is 7.88. The standard InChI is InChI=1S/C16H19N3O/c1-12-7-8-15(18-11-12)19-16(20)14(10-17)9-13-5-3-2-4-6-13/h2-8,11,14H,9-10,17H2,1H3,(H,18,19,20). The highest BCUT2D eigenvalue weighted by atomic mass is 16.1. The van der Waals surface area contributed by atoms with Gasteiger partial charge in [0.1, 0.15) is 5.82 Å². The number of pyridine rings is 1. The van der Waals surface area contributed by atoms with Crippen molar-refractivity contribution < 1.29 is 4.79 Å². The summed E-state index contributed by atoms with van der Waals surface area (Å²) in [5.74, 6) is 0.223. The Kier molecular flexibility index (Phi) is 4.85. The molecule has 0 bridgehead atoms. The van der Waals surface area contributed by atoms with Crippen molar-refractivity contribution in [2.75, 3.05) is 11.9 Å². The van der Waals surface area contributed by atoms with E-state index < -0.39 is 0 Å². The Bertz CT molecular complexity index is 552. The van der Waals surface area contributed by atoms with Gasteiger partial charge in [0.2, 0.25) is 5.91 Å². The molecule has 1 heterocycles. The van der Waals surface area contributed by atoms with E-state index in [4.69, 9.17) is 5.73 Å². The van der Waals surface area contributed by atoms with E-state index in [1.54, 1.807) is 12.3 Å². The smallest absolute Gasteiger partial charge is 0.230 e. The fraction of sp³-hybridized carbons (Fsp3) is 0.250. The van der Waals surface area contributed by atoms with Crippen molar-refractivity contribution in [3.63, 3.8) is 0 Å². The summed E-state index contributed by atoms with van der Waals surface area (Å²) in [6.45, 7) is 2.27. The molecule has 4 heteroatoms. The van der Waals surface area contributed by atoms with Gasteiger partial charge in [-0.15, -0.1) is 0 Å². The zero-order valence-electron chi connectivity index (χ0n) is 11.5. The topological polar surface area (TPSA) is 68.0 Å². The van der Waals surface area contributed by atoms with Gasteiger partial charge in [-0.1, -0.05) is 36.4 Å². The Hall–Kier alpha value is -2.20. The Morgan fingerprint density at radius 3 is 2.60 bits per heavy atom. The van der Waals surface area contributed by atoms with Gasteiger partial charge in [0.15, 0.2) is 0 Å². The second-order valence-electron chi connectivity index (χ2n) is 4.83. The predicted octanol–water partition coefficient (Wildman–Crippen LogP) is 2.15. The minimum Gasteiger partial charge on any atom is -0.330 e. The van der Waals surface area contributed by atoms with Crippen molar-refractivity contribution in [2.45, 2.75) is 13.3 Å². The monoisotopic (exact) mass is 269 g/mol. The molecule has 0 aliphatic rings. The SMILES string of the molecule is Cc1ccc(NC(=O)C(CN)Cc2ccccc2)nc1. The Balaban J connectivity index is 2.00. The number of nitrogens with zero attached hydrogens (tertiary/aromatic N) is 1. The molecule has 0 aliphatic carbocycles. The summed E-state index contributed by atoms with van der Waals surface area (Å²) >= 11 is 0. The van der Waals surface area contributed by atoms with Gasteiger partial charge in [-0.25, -0.2) is 4.98 Å². The van der Waals surface area contributed by atoms with Gasteiger partial charge >= 0.3 is 0 Å². The number of nitrogens with one attached hydrogen (secondary N) is 1. The van der Waals surface area contributed by atoms with Crippen molar-refractivity contribution in [1.29, 1.82) is 0 Å². The molecule has 1 aromatic carbocycles. The summed E-state index contributed by atoms with van der Waals surface area (Å²) < 4.78 is 0. The quantitative estimate of drug-likeness (QED) is 0.874. The molecule has 0 saturated heterocycles. The highest BCUT2D eigenvalue weighted by molar-refractivity contribution is 5.92. The van der Waals surface area contributed by atoms with Crippen molar-refractivity contribution in [3.8, 4) is 0 Å². The molecule has 0 spiro atoms. The summed E-state index contributed by atoms with van der Waals surface area (Å²) in [7, 11) is 0. The van der Waals surface area contributed by atoms with E-state index in [2.05, 4.69) is 10.3 Å². The highest BCUT2D eigenvalue weighted by Gasteiger charge is 2.17. The van der Waals surface area contributed by atoms with Gasteiger partial charge < -0.3 is 11.1 Å². The summed E-state index contributed by atoms with van der Waals surface area (Å²) in [4.78, 5) is 16.4. The first-order valence-electron chi connectivity index (χ1n) is 6.66. The van der Waals surface area contributed by atoms with Crippen LogP contribution in [0.25, 0.3) is 0 Å². The van der Waals surface area contributed by atoms with Crippen LogP contribution in [0.1, 0.15) is 11.1 Å². The fourth-order valence-corrected chi connectivity index (χ4v) is 1.95. The number of rotatable bonds is 5. The Morgan fingerprint density at radius 1 is 1.25 bits per heavy atom. The number of carbonyl (C=O) groups excluding carboxylic acids is 1. The number of benzene rings is 1. The number of carbonyl (C=O) groups is 1. The molecule has 20 heavy (non-hydrogen) atoms. The molecule has 1 amide bonds.